The zero-order chi connectivity index (χ0) is 34.8. The third kappa shape index (κ3) is 11.5. The number of thiophene rings is 2. The van der Waals surface area contributed by atoms with E-state index in [1.54, 1.807) is 0 Å². The zero-order valence-corrected chi connectivity index (χ0v) is 30.5. The molecule has 0 saturated carbocycles. The molecule has 0 spiro atoms. The molecule has 4 nitrogen and oxygen atoms in total. The van der Waals surface area contributed by atoms with Gasteiger partial charge in [-0.15, -0.1) is 22.7 Å². The summed E-state index contributed by atoms with van der Waals surface area (Å²) in [5.74, 6) is -1.12. The third-order valence-electron chi connectivity index (χ3n) is 7.99. The van der Waals surface area contributed by atoms with Gasteiger partial charge in [0.15, 0.2) is 19.7 Å². The van der Waals surface area contributed by atoms with Crippen LogP contribution in [0.25, 0.3) is 9.75 Å². The molecule has 0 saturated heterocycles. The van der Waals surface area contributed by atoms with Crippen molar-refractivity contribution in [2.24, 2.45) is 0 Å². The van der Waals surface area contributed by atoms with Gasteiger partial charge in [-0.05, 0) is 26.7 Å². The first-order valence-electron chi connectivity index (χ1n) is 16.3. The maximum Gasteiger partial charge on any atom is 0.419 e. The minimum Gasteiger partial charge on any atom is -0.224 e. The molecule has 0 aliphatic heterocycles. The van der Waals surface area contributed by atoms with Crippen LogP contribution in [0, 0.1) is 13.8 Å². The van der Waals surface area contributed by atoms with E-state index in [0.29, 0.717) is 35.5 Å². The van der Waals surface area contributed by atoms with Crippen LogP contribution in [-0.2, 0) is 32.0 Å². The third-order valence-corrected chi connectivity index (χ3v) is 14.5. The van der Waals surface area contributed by atoms with Crippen LogP contribution in [0.5, 0.6) is 0 Å². The number of rotatable bonds is 21. The monoisotopic (exact) mass is 738 g/mol. The summed E-state index contributed by atoms with van der Waals surface area (Å²) in [6, 6.07) is 0. The molecule has 0 unspecified atom stereocenters. The SMILES string of the molecule is CCCCCCCCCCS(=O)(=O)c1c(C)sc(-c2sc(C)c(S(=O)(=O)CCCCCCCCCC)c2C(F)(F)F)c1C(F)(F)F. The molecule has 2 aromatic heterocycles. The van der Waals surface area contributed by atoms with Gasteiger partial charge in [-0.1, -0.05) is 104 Å². The van der Waals surface area contributed by atoms with Crippen molar-refractivity contribution >= 4 is 42.3 Å². The number of sulfone groups is 2. The van der Waals surface area contributed by atoms with E-state index in [1.165, 1.54) is 0 Å². The van der Waals surface area contributed by atoms with Gasteiger partial charge >= 0.3 is 12.4 Å². The largest absolute Gasteiger partial charge is 0.419 e. The topological polar surface area (TPSA) is 68.3 Å². The lowest BCUT2D eigenvalue weighted by molar-refractivity contribution is -0.141. The van der Waals surface area contributed by atoms with Gasteiger partial charge in [0.05, 0.1) is 42.2 Å². The molecule has 0 aliphatic rings. The normalized spacial score (nSPS) is 13.2. The Hall–Kier alpha value is -1.12. The fourth-order valence-electron chi connectivity index (χ4n) is 5.70. The van der Waals surface area contributed by atoms with Crippen molar-refractivity contribution < 1.29 is 43.2 Å². The van der Waals surface area contributed by atoms with E-state index in [1.807, 2.05) is 0 Å². The lowest BCUT2D eigenvalue weighted by Gasteiger charge is -2.15. The summed E-state index contributed by atoms with van der Waals surface area (Å²) in [6.45, 7) is 6.47. The first kappa shape index (κ1) is 41.1. The number of hydrogen-bond acceptors (Lipinski definition) is 6. The Morgan fingerprint density at radius 2 is 0.739 bits per heavy atom. The number of halogens is 6. The summed E-state index contributed by atoms with van der Waals surface area (Å²) in [4.78, 5) is -4.38. The van der Waals surface area contributed by atoms with Crippen LogP contribution in [0.2, 0.25) is 0 Å². The van der Waals surface area contributed by atoms with E-state index in [9.17, 15) is 43.2 Å². The van der Waals surface area contributed by atoms with Crippen LogP contribution < -0.4 is 0 Å². The van der Waals surface area contributed by atoms with Gasteiger partial charge in [-0.25, -0.2) is 16.8 Å². The zero-order valence-electron chi connectivity index (χ0n) is 27.3. The molecule has 2 aromatic rings. The Balaban J connectivity index is 2.44. The van der Waals surface area contributed by atoms with Gasteiger partial charge in [0, 0.05) is 9.75 Å². The summed E-state index contributed by atoms with van der Waals surface area (Å²) in [6.07, 6.45) is 2.38. The fourth-order valence-corrected chi connectivity index (χ4v) is 12.6. The second-order valence-electron chi connectivity index (χ2n) is 12.0. The molecule has 0 aliphatic carbocycles. The number of alkyl halides is 6. The predicted octanol–water partition coefficient (Wildman–Crippen LogP) is 12.0. The molecular formula is C32H48F6O4S4. The van der Waals surface area contributed by atoms with E-state index in [2.05, 4.69) is 13.8 Å². The molecule has 2 heterocycles. The molecule has 0 radical (unpaired) electrons. The van der Waals surface area contributed by atoms with Gasteiger partial charge in [-0.3, -0.25) is 0 Å². The molecule has 46 heavy (non-hydrogen) atoms. The molecule has 266 valence electrons. The molecule has 0 N–H and O–H groups in total. The number of aryl methyl sites for hydroxylation is 2. The average Bonchev–Trinajstić information content (AvgIpc) is 3.49. The Morgan fingerprint density at radius 3 is 1.00 bits per heavy atom. The summed E-state index contributed by atoms with van der Waals surface area (Å²) >= 11 is 0.629. The quantitative estimate of drug-likeness (QED) is 0.0944. The van der Waals surface area contributed by atoms with E-state index in [0.717, 1.165) is 90.9 Å². The Morgan fingerprint density at radius 1 is 0.478 bits per heavy atom. The predicted molar refractivity (Wildman–Crippen MR) is 176 cm³/mol. The van der Waals surface area contributed by atoms with E-state index in [-0.39, 0.29) is 22.6 Å². The molecule has 0 atom stereocenters. The van der Waals surface area contributed by atoms with Crippen molar-refractivity contribution in [3.05, 3.63) is 20.9 Å². The lowest BCUT2D eigenvalue weighted by atomic mass is 10.1. The van der Waals surface area contributed by atoms with Crippen molar-refractivity contribution in [1.29, 1.82) is 0 Å². The van der Waals surface area contributed by atoms with Crippen molar-refractivity contribution in [2.45, 2.75) is 153 Å². The van der Waals surface area contributed by atoms with Gasteiger partial charge in [0.2, 0.25) is 0 Å². The maximum absolute atomic E-state index is 14.6. The molecule has 0 aromatic carbocycles. The maximum atomic E-state index is 14.6. The highest BCUT2D eigenvalue weighted by Gasteiger charge is 2.48. The van der Waals surface area contributed by atoms with Crippen LogP contribution >= 0.6 is 22.7 Å². The standard InChI is InChI=1S/C32H48F6O4S4/c1-5-7-9-11-13-15-17-19-21-45(39,40)29-23(3)43-27(25(29)31(33,34)35)28-26(32(36,37)38)30(24(4)44-28)46(41,42)22-20-18-16-14-12-10-8-6-2/h5-22H2,1-4H3. The van der Waals surface area contributed by atoms with E-state index in [4.69, 9.17) is 0 Å². The summed E-state index contributed by atoms with van der Waals surface area (Å²) < 4.78 is 141. The Labute approximate surface area is 279 Å². The molecular weight excluding hydrogens is 691 g/mol. The number of unbranched alkanes of at least 4 members (excludes halogenated alkanes) is 14. The second-order valence-corrected chi connectivity index (χ2v) is 18.5. The van der Waals surface area contributed by atoms with Crippen LogP contribution in [0.15, 0.2) is 9.79 Å². The van der Waals surface area contributed by atoms with Crippen molar-refractivity contribution in [1.82, 2.24) is 0 Å². The van der Waals surface area contributed by atoms with Crippen molar-refractivity contribution in [3.8, 4) is 9.75 Å². The fraction of sp³-hybridized carbons (Fsp3) is 0.750. The van der Waals surface area contributed by atoms with Gasteiger partial charge in [-0.2, -0.15) is 26.3 Å². The first-order valence-corrected chi connectivity index (χ1v) is 21.2. The van der Waals surface area contributed by atoms with Crippen molar-refractivity contribution in [3.63, 3.8) is 0 Å². The minimum atomic E-state index is -5.29. The lowest BCUT2D eigenvalue weighted by Crippen LogP contribution is -2.17. The highest BCUT2D eigenvalue weighted by atomic mass is 32.2. The van der Waals surface area contributed by atoms with E-state index < -0.39 is 74.2 Å². The molecule has 14 heteroatoms. The van der Waals surface area contributed by atoms with Crippen molar-refractivity contribution in [2.75, 3.05) is 11.5 Å². The molecule has 0 bridgehead atoms. The van der Waals surface area contributed by atoms with Crippen LogP contribution in [0.1, 0.15) is 137 Å². The first-order chi connectivity index (χ1) is 21.4. The van der Waals surface area contributed by atoms with Crippen LogP contribution in [0.3, 0.4) is 0 Å². The molecule has 0 fully saturated rings. The highest BCUT2D eigenvalue weighted by Crippen LogP contribution is 2.54. The van der Waals surface area contributed by atoms with Crippen LogP contribution in [-0.4, -0.2) is 28.3 Å². The Bertz CT molecular complexity index is 1340. The summed E-state index contributed by atoms with van der Waals surface area (Å²) in [5, 5.41) is 0. The van der Waals surface area contributed by atoms with Gasteiger partial charge in [0.25, 0.3) is 0 Å². The smallest absolute Gasteiger partial charge is 0.224 e. The molecule has 2 rings (SSSR count). The second kappa shape index (κ2) is 18.0. The van der Waals surface area contributed by atoms with Gasteiger partial charge < -0.3 is 0 Å². The molecule has 0 amide bonds. The highest BCUT2D eigenvalue weighted by molar-refractivity contribution is 7.92. The van der Waals surface area contributed by atoms with Gasteiger partial charge in [0.1, 0.15) is 0 Å². The minimum absolute atomic E-state index is 0.130. The number of hydrogen-bond donors (Lipinski definition) is 0. The summed E-state index contributed by atoms with van der Waals surface area (Å²) in [5.41, 5.74) is -3.29. The average molecular weight is 739 g/mol. The van der Waals surface area contributed by atoms with Crippen LogP contribution in [0.4, 0.5) is 26.3 Å². The summed E-state index contributed by atoms with van der Waals surface area (Å²) in [7, 11) is -9.01. The van der Waals surface area contributed by atoms with E-state index >= 15 is 0 Å². The Kier molecular flexibility index (Phi) is 16.1.